The second-order valence-corrected chi connectivity index (χ2v) is 5.26. The van der Waals surface area contributed by atoms with E-state index >= 15 is 0 Å². The summed E-state index contributed by atoms with van der Waals surface area (Å²) in [5.74, 6) is -0.305. The Balaban J connectivity index is 2.28. The maximum absolute atomic E-state index is 10.9. The Morgan fingerprint density at radius 2 is 2.11 bits per heavy atom. The number of benzene rings is 1. The first-order valence-corrected chi connectivity index (χ1v) is 6.38. The van der Waals surface area contributed by atoms with E-state index in [9.17, 15) is 4.79 Å². The first-order valence-electron chi connectivity index (χ1n) is 6.38. The number of anilines is 2. The van der Waals surface area contributed by atoms with Crippen LogP contribution in [0.15, 0.2) is 18.2 Å². The Kier molecular flexibility index (Phi) is 3.45. The van der Waals surface area contributed by atoms with Crippen molar-refractivity contribution in [1.29, 1.82) is 0 Å². The minimum Gasteiger partial charge on any atom is -0.478 e. The van der Waals surface area contributed by atoms with Crippen molar-refractivity contribution in [3.63, 3.8) is 0 Å². The van der Waals surface area contributed by atoms with Gasteiger partial charge < -0.3 is 15.7 Å². The normalized spacial score (nSPS) is 24.0. The van der Waals surface area contributed by atoms with E-state index in [1.54, 1.807) is 12.1 Å². The van der Waals surface area contributed by atoms with Gasteiger partial charge >= 0.3 is 5.97 Å². The van der Waals surface area contributed by atoms with Crippen LogP contribution in [-0.2, 0) is 0 Å². The van der Waals surface area contributed by atoms with Gasteiger partial charge in [0, 0.05) is 24.0 Å². The molecule has 98 valence electrons. The van der Waals surface area contributed by atoms with Crippen LogP contribution in [0, 0.1) is 5.92 Å². The van der Waals surface area contributed by atoms with Crippen LogP contribution in [0.5, 0.6) is 0 Å². The number of carboxylic acids is 1. The van der Waals surface area contributed by atoms with Crippen LogP contribution in [-0.4, -0.2) is 23.7 Å². The van der Waals surface area contributed by atoms with E-state index in [2.05, 4.69) is 18.7 Å². The summed E-state index contributed by atoms with van der Waals surface area (Å²) in [6, 6.07) is 5.71. The molecular formula is C14H20N2O2. The summed E-state index contributed by atoms with van der Waals surface area (Å²) in [5, 5.41) is 8.97. The Morgan fingerprint density at radius 3 is 2.72 bits per heavy atom. The molecule has 1 aromatic carbocycles. The summed E-state index contributed by atoms with van der Waals surface area (Å²) in [4.78, 5) is 13.2. The number of nitrogens with zero attached hydrogens (tertiary/aromatic N) is 1. The monoisotopic (exact) mass is 248 g/mol. The summed E-state index contributed by atoms with van der Waals surface area (Å²) in [7, 11) is 0. The second kappa shape index (κ2) is 4.88. The Bertz CT molecular complexity index is 459. The van der Waals surface area contributed by atoms with Crippen molar-refractivity contribution >= 4 is 17.3 Å². The molecule has 0 aliphatic carbocycles. The summed E-state index contributed by atoms with van der Waals surface area (Å²) >= 11 is 0. The van der Waals surface area contributed by atoms with Crippen molar-refractivity contribution in [2.75, 3.05) is 17.2 Å². The highest BCUT2D eigenvalue weighted by Gasteiger charge is 2.23. The molecule has 3 N–H and O–H groups in total. The number of rotatable bonds is 2. The number of carbonyl (C=O) groups is 1. The van der Waals surface area contributed by atoms with Crippen LogP contribution < -0.4 is 10.6 Å². The fourth-order valence-corrected chi connectivity index (χ4v) is 2.57. The average molecular weight is 248 g/mol. The minimum absolute atomic E-state index is 0.177. The lowest BCUT2D eigenvalue weighted by molar-refractivity contribution is 0.0698. The third kappa shape index (κ3) is 2.42. The summed E-state index contributed by atoms with van der Waals surface area (Å²) in [6.45, 7) is 5.45. The molecule has 0 spiro atoms. The molecular weight excluding hydrogens is 228 g/mol. The number of hydrogen-bond acceptors (Lipinski definition) is 3. The number of hydrogen-bond donors (Lipinski definition) is 2. The van der Waals surface area contributed by atoms with Crippen LogP contribution in [0.2, 0.25) is 0 Å². The smallest absolute Gasteiger partial charge is 0.337 e. The molecule has 1 heterocycles. The summed E-state index contributed by atoms with van der Waals surface area (Å²) in [5.41, 5.74) is 7.34. The van der Waals surface area contributed by atoms with Crippen LogP contribution in [0.4, 0.5) is 11.4 Å². The maximum atomic E-state index is 10.9. The van der Waals surface area contributed by atoms with Crippen molar-refractivity contribution in [3.05, 3.63) is 23.8 Å². The molecule has 18 heavy (non-hydrogen) atoms. The van der Waals surface area contributed by atoms with Crippen molar-refractivity contribution < 1.29 is 9.90 Å². The molecule has 0 bridgehead atoms. The number of carboxylic acid groups (broad SMARTS) is 1. The van der Waals surface area contributed by atoms with Gasteiger partial charge in [-0.1, -0.05) is 6.92 Å². The van der Waals surface area contributed by atoms with Gasteiger partial charge in [-0.05, 0) is 43.9 Å². The predicted molar refractivity (Wildman–Crippen MR) is 73.0 cm³/mol. The molecule has 2 atom stereocenters. The third-order valence-electron chi connectivity index (χ3n) is 3.71. The molecule has 1 aromatic rings. The standard InChI is InChI=1S/C14H20N2O2/c1-9-3-4-10(2)16(8-9)11-5-6-12(14(17)18)13(15)7-11/h5-7,9-10H,3-4,8,15H2,1-2H3,(H,17,18). The van der Waals surface area contributed by atoms with Gasteiger partial charge in [-0.2, -0.15) is 0 Å². The van der Waals surface area contributed by atoms with Crippen LogP contribution in [0.1, 0.15) is 37.0 Å². The Morgan fingerprint density at radius 1 is 1.39 bits per heavy atom. The lowest BCUT2D eigenvalue weighted by Gasteiger charge is -2.38. The lowest BCUT2D eigenvalue weighted by Crippen LogP contribution is -2.41. The molecule has 0 radical (unpaired) electrons. The maximum Gasteiger partial charge on any atom is 0.337 e. The molecule has 4 heteroatoms. The zero-order valence-corrected chi connectivity index (χ0v) is 10.9. The molecule has 1 aliphatic rings. The van der Waals surface area contributed by atoms with Gasteiger partial charge in [-0.25, -0.2) is 4.79 Å². The van der Waals surface area contributed by atoms with E-state index in [0.29, 0.717) is 17.6 Å². The Labute approximate surface area is 107 Å². The minimum atomic E-state index is -0.973. The average Bonchev–Trinajstić information content (AvgIpc) is 2.31. The third-order valence-corrected chi connectivity index (χ3v) is 3.71. The number of nitrogens with two attached hydrogens (primary N) is 1. The zero-order valence-electron chi connectivity index (χ0n) is 10.9. The predicted octanol–water partition coefficient (Wildman–Crippen LogP) is 2.59. The molecule has 4 nitrogen and oxygen atoms in total. The number of aromatic carboxylic acids is 1. The van der Waals surface area contributed by atoms with Gasteiger partial charge in [-0.3, -0.25) is 0 Å². The highest BCUT2D eigenvalue weighted by atomic mass is 16.4. The lowest BCUT2D eigenvalue weighted by atomic mass is 9.94. The second-order valence-electron chi connectivity index (χ2n) is 5.26. The van der Waals surface area contributed by atoms with Crippen LogP contribution >= 0.6 is 0 Å². The molecule has 2 unspecified atom stereocenters. The van der Waals surface area contributed by atoms with Crippen molar-refractivity contribution in [2.45, 2.75) is 32.7 Å². The quantitative estimate of drug-likeness (QED) is 0.789. The Hall–Kier alpha value is -1.71. The van der Waals surface area contributed by atoms with Gasteiger partial charge in [-0.15, -0.1) is 0 Å². The first kappa shape index (κ1) is 12.7. The highest BCUT2D eigenvalue weighted by molar-refractivity contribution is 5.94. The van der Waals surface area contributed by atoms with Gasteiger partial charge in [0.2, 0.25) is 0 Å². The van der Waals surface area contributed by atoms with Crippen LogP contribution in [0.3, 0.4) is 0 Å². The molecule has 2 rings (SSSR count). The first-order chi connectivity index (χ1) is 8.49. The molecule has 0 aromatic heterocycles. The fourth-order valence-electron chi connectivity index (χ4n) is 2.57. The summed E-state index contributed by atoms with van der Waals surface area (Å²) < 4.78 is 0. The molecule has 1 saturated heterocycles. The van der Waals surface area contributed by atoms with Gasteiger partial charge in [0.05, 0.1) is 5.56 Å². The van der Waals surface area contributed by atoms with Crippen LogP contribution in [0.25, 0.3) is 0 Å². The fraction of sp³-hybridized carbons (Fsp3) is 0.500. The van der Waals surface area contributed by atoms with Gasteiger partial charge in [0.15, 0.2) is 0 Å². The zero-order chi connectivity index (χ0) is 13.3. The summed E-state index contributed by atoms with van der Waals surface area (Å²) in [6.07, 6.45) is 2.42. The molecule has 1 aliphatic heterocycles. The van der Waals surface area contributed by atoms with E-state index in [-0.39, 0.29) is 5.56 Å². The largest absolute Gasteiger partial charge is 0.478 e. The van der Waals surface area contributed by atoms with E-state index in [1.807, 2.05) is 6.07 Å². The number of piperidine rings is 1. The SMILES string of the molecule is CC1CCC(C)N(c2ccc(C(=O)O)c(N)c2)C1. The van der Waals surface area contributed by atoms with Crippen molar-refractivity contribution in [3.8, 4) is 0 Å². The van der Waals surface area contributed by atoms with Crippen molar-refractivity contribution in [1.82, 2.24) is 0 Å². The van der Waals surface area contributed by atoms with E-state index in [4.69, 9.17) is 10.8 Å². The van der Waals surface area contributed by atoms with Crippen molar-refractivity contribution in [2.24, 2.45) is 5.92 Å². The molecule has 0 saturated carbocycles. The molecule has 0 amide bonds. The van der Waals surface area contributed by atoms with E-state index < -0.39 is 5.97 Å². The van der Waals surface area contributed by atoms with Gasteiger partial charge in [0.25, 0.3) is 0 Å². The van der Waals surface area contributed by atoms with Gasteiger partial charge in [0.1, 0.15) is 0 Å². The topological polar surface area (TPSA) is 66.6 Å². The van der Waals surface area contributed by atoms with E-state index in [0.717, 1.165) is 12.2 Å². The number of nitrogen functional groups attached to an aromatic ring is 1. The highest BCUT2D eigenvalue weighted by Crippen LogP contribution is 2.29. The van der Waals surface area contributed by atoms with E-state index in [1.165, 1.54) is 12.8 Å². The molecule has 1 fully saturated rings.